The van der Waals surface area contributed by atoms with Crippen molar-refractivity contribution in [3.8, 4) is 0 Å². The van der Waals surface area contributed by atoms with Gasteiger partial charge in [0.2, 0.25) is 5.89 Å². The molecule has 1 atom stereocenters. The first-order valence-corrected chi connectivity index (χ1v) is 9.11. The molecule has 3 rings (SSSR count). The first-order chi connectivity index (χ1) is 9.48. The number of sulfonamides is 1. The standard InChI is InChI=1S/C11H12BrN3O3S2/c1-7-13-11(18-14-7)8-3-2-6-15(8)20(16,17)10-5-4-9(12)19-10/h4-5,8H,2-3,6H2,1H3. The van der Waals surface area contributed by atoms with Crippen LogP contribution in [0.4, 0.5) is 0 Å². The van der Waals surface area contributed by atoms with Crippen LogP contribution in [0.3, 0.4) is 0 Å². The maximum atomic E-state index is 12.7. The van der Waals surface area contributed by atoms with Crippen molar-refractivity contribution in [2.75, 3.05) is 6.54 Å². The fourth-order valence-corrected chi connectivity index (χ4v) is 6.07. The molecule has 2 aromatic rings. The molecule has 1 saturated heterocycles. The van der Waals surface area contributed by atoms with E-state index in [0.717, 1.165) is 10.2 Å². The molecule has 9 heteroatoms. The fourth-order valence-electron chi connectivity index (χ4n) is 2.28. The van der Waals surface area contributed by atoms with Gasteiger partial charge >= 0.3 is 0 Å². The molecular weight excluding hydrogens is 366 g/mol. The van der Waals surface area contributed by atoms with E-state index in [-0.39, 0.29) is 6.04 Å². The molecule has 0 saturated carbocycles. The second kappa shape index (κ2) is 5.21. The second-order valence-electron chi connectivity index (χ2n) is 4.51. The first-order valence-electron chi connectivity index (χ1n) is 6.06. The molecule has 1 aliphatic rings. The molecule has 2 aromatic heterocycles. The Hall–Kier alpha value is -0.770. The Bertz CT molecular complexity index is 725. The molecule has 1 aliphatic heterocycles. The number of rotatable bonds is 3. The zero-order valence-corrected chi connectivity index (χ0v) is 13.8. The van der Waals surface area contributed by atoms with Crippen molar-refractivity contribution in [3.63, 3.8) is 0 Å². The van der Waals surface area contributed by atoms with E-state index in [1.165, 1.54) is 15.6 Å². The van der Waals surface area contributed by atoms with Crippen LogP contribution in [0.25, 0.3) is 0 Å². The highest BCUT2D eigenvalue weighted by molar-refractivity contribution is 9.11. The Labute approximate surface area is 129 Å². The fraction of sp³-hybridized carbons (Fsp3) is 0.455. The summed E-state index contributed by atoms with van der Waals surface area (Å²) in [7, 11) is -3.51. The highest BCUT2D eigenvalue weighted by Gasteiger charge is 2.39. The molecule has 0 aromatic carbocycles. The molecule has 1 fully saturated rings. The quantitative estimate of drug-likeness (QED) is 0.821. The lowest BCUT2D eigenvalue weighted by Crippen LogP contribution is -2.30. The van der Waals surface area contributed by atoms with Crippen molar-refractivity contribution in [3.05, 3.63) is 27.6 Å². The molecule has 0 spiro atoms. The van der Waals surface area contributed by atoms with Gasteiger partial charge in [0.25, 0.3) is 10.0 Å². The number of thiophene rings is 1. The normalized spacial score (nSPS) is 20.6. The minimum atomic E-state index is -3.51. The lowest BCUT2D eigenvalue weighted by Gasteiger charge is -2.20. The van der Waals surface area contributed by atoms with Gasteiger partial charge in [-0.3, -0.25) is 0 Å². The molecule has 0 bridgehead atoms. The van der Waals surface area contributed by atoms with Gasteiger partial charge in [0.1, 0.15) is 10.3 Å². The number of nitrogens with zero attached hydrogens (tertiary/aromatic N) is 3. The number of halogens is 1. The topological polar surface area (TPSA) is 76.3 Å². The van der Waals surface area contributed by atoms with E-state index in [1.54, 1.807) is 19.1 Å². The summed E-state index contributed by atoms with van der Waals surface area (Å²) in [6.07, 6.45) is 1.49. The number of hydrogen-bond donors (Lipinski definition) is 0. The largest absolute Gasteiger partial charge is 0.338 e. The van der Waals surface area contributed by atoms with Crippen LogP contribution < -0.4 is 0 Å². The maximum Gasteiger partial charge on any atom is 0.253 e. The zero-order valence-electron chi connectivity index (χ0n) is 10.6. The molecule has 3 heterocycles. The van der Waals surface area contributed by atoms with Gasteiger partial charge in [-0.1, -0.05) is 5.16 Å². The van der Waals surface area contributed by atoms with E-state index in [2.05, 4.69) is 26.1 Å². The van der Waals surface area contributed by atoms with Crippen LogP contribution in [0.2, 0.25) is 0 Å². The summed E-state index contributed by atoms with van der Waals surface area (Å²) in [5, 5.41) is 3.74. The van der Waals surface area contributed by atoms with Crippen LogP contribution in [0, 0.1) is 6.92 Å². The highest BCUT2D eigenvalue weighted by atomic mass is 79.9. The Kier molecular flexibility index (Phi) is 3.69. The van der Waals surface area contributed by atoms with Crippen molar-refractivity contribution in [1.82, 2.24) is 14.4 Å². The van der Waals surface area contributed by atoms with Crippen LogP contribution in [0.1, 0.15) is 30.6 Å². The lowest BCUT2D eigenvalue weighted by atomic mass is 10.2. The average Bonchev–Trinajstić information content (AvgIpc) is 3.07. The monoisotopic (exact) mass is 377 g/mol. The van der Waals surface area contributed by atoms with Crippen molar-refractivity contribution < 1.29 is 12.9 Å². The summed E-state index contributed by atoms with van der Waals surface area (Å²) in [5.74, 6) is 0.891. The summed E-state index contributed by atoms with van der Waals surface area (Å²) in [4.78, 5) is 4.17. The van der Waals surface area contributed by atoms with E-state index in [0.29, 0.717) is 28.9 Å². The van der Waals surface area contributed by atoms with Gasteiger partial charge in [-0.2, -0.15) is 9.29 Å². The molecule has 0 radical (unpaired) electrons. The van der Waals surface area contributed by atoms with E-state index >= 15 is 0 Å². The minimum Gasteiger partial charge on any atom is -0.338 e. The smallest absolute Gasteiger partial charge is 0.253 e. The third kappa shape index (κ3) is 2.43. The second-order valence-corrected chi connectivity index (χ2v) is 9.09. The zero-order chi connectivity index (χ0) is 14.3. The Morgan fingerprint density at radius 3 is 2.90 bits per heavy atom. The molecule has 0 aliphatic carbocycles. The van der Waals surface area contributed by atoms with Gasteiger partial charge < -0.3 is 4.52 Å². The molecule has 20 heavy (non-hydrogen) atoms. The van der Waals surface area contributed by atoms with E-state index in [4.69, 9.17) is 4.52 Å². The highest BCUT2D eigenvalue weighted by Crippen LogP contribution is 2.38. The summed E-state index contributed by atoms with van der Waals surface area (Å²) in [6, 6.07) is 2.99. The van der Waals surface area contributed by atoms with Gasteiger partial charge in [0.15, 0.2) is 5.82 Å². The third-order valence-corrected chi connectivity index (χ3v) is 7.14. The van der Waals surface area contributed by atoms with Gasteiger partial charge in [-0.15, -0.1) is 11.3 Å². The molecule has 1 unspecified atom stereocenters. The Morgan fingerprint density at radius 1 is 1.50 bits per heavy atom. The molecular formula is C11H12BrN3O3S2. The summed E-state index contributed by atoms with van der Waals surface area (Å²) >= 11 is 4.50. The molecule has 0 N–H and O–H groups in total. The van der Waals surface area contributed by atoms with Crippen molar-refractivity contribution in [1.29, 1.82) is 0 Å². The number of hydrogen-bond acceptors (Lipinski definition) is 6. The van der Waals surface area contributed by atoms with E-state index < -0.39 is 10.0 Å². The summed E-state index contributed by atoms with van der Waals surface area (Å²) in [6.45, 7) is 2.20. The average molecular weight is 378 g/mol. The van der Waals surface area contributed by atoms with Crippen molar-refractivity contribution in [2.45, 2.75) is 30.0 Å². The molecule has 6 nitrogen and oxygen atoms in total. The SMILES string of the molecule is Cc1noc(C2CCCN2S(=O)(=O)c2ccc(Br)s2)n1. The predicted octanol–water partition coefficient (Wildman–Crippen LogP) is 2.73. The van der Waals surface area contributed by atoms with Crippen molar-refractivity contribution >= 4 is 37.3 Å². The van der Waals surface area contributed by atoms with Gasteiger partial charge in [-0.25, -0.2) is 8.42 Å². The number of aromatic nitrogens is 2. The van der Waals surface area contributed by atoms with Gasteiger partial charge in [0, 0.05) is 6.54 Å². The predicted molar refractivity (Wildman–Crippen MR) is 76.9 cm³/mol. The van der Waals surface area contributed by atoms with Crippen LogP contribution >= 0.6 is 27.3 Å². The minimum absolute atomic E-state index is 0.326. The molecule has 108 valence electrons. The first kappa shape index (κ1) is 14.2. The van der Waals surface area contributed by atoms with Crippen LogP contribution in [-0.4, -0.2) is 29.4 Å². The maximum absolute atomic E-state index is 12.7. The van der Waals surface area contributed by atoms with E-state index in [9.17, 15) is 8.42 Å². The Balaban J connectivity index is 1.96. The van der Waals surface area contributed by atoms with Crippen LogP contribution in [0.5, 0.6) is 0 Å². The third-order valence-electron chi connectivity index (χ3n) is 3.14. The Morgan fingerprint density at radius 2 is 2.30 bits per heavy atom. The number of aryl methyl sites for hydroxylation is 1. The lowest BCUT2D eigenvalue weighted by molar-refractivity contribution is 0.290. The molecule has 0 amide bonds. The van der Waals surface area contributed by atoms with Gasteiger partial charge in [0.05, 0.1) is 3.79 Å². The van der Waals surface area contributed by atoms with Crippen LogP contribution in [0.15, 0.2) is 24.7 Å². The van der Waals surface area contributed by atoms with Gasteiger partial charge in [-0.05, 0) is 47.8 Å². The summed E-state index contributed by atoms with van der Waals surface area (Å²) < 4.78 is 33.0. The van der Waals surface area contributed by atoms with Crippen LogP contribution in [-0.2, 0) is 10.0 Å². The summed E-state index contributed by atoms with van der Waals surface area (Å²) in [5.41, 5.74) is 0. The van der Waals surface area contributed by atoms with E-state index in [1.807, 2.05) is 0 Å². The van der Waals surface area contributed by atoms with Crippen molar-refractivity contribution in [2.24, 2.45) is 0 Å².